The normalized spacial score (nSPS) is 11.6. The van der Waals surface area contributed by atoms with Gasteiger partial charge in [-0.2, -0.15) is 17.0 Å². The van der Waals surface area contributed by atoms with Gasteiger partial charge in [0.2, 0.25) is 0 Å². The number of aromatic nitrogens is 1. The number of carbonyl (C=O) groups is 1. The lowest BCUT2D eigenvalue weighted by molar-refractivity contribution is -0.144. The molecule has 0 aromatic carbocycles. The molecule has 1 rings (SSSR count). The van der Waals surface area contributed by atoms with Crippen molar-refractivity contribution in [2.75, 3.05) is 12.4 Å². The first-order chi connectivity index (χ1) is 8.67. The van der Waals surface area contributed by atoms with Gasteiger partial charge in [0.1, 0.15) is 17.8 Å². The largest absolute Gasteiger partial charge is 0.465 e. The predicted octanol–water partition coefficient (Wildman–Crippen LogP) is 1.08. The molecule has 5 nitrogen and oxygen atoms in total. The highest BCUT2D eigenvalue weighted by Crippen LogP contribution is 2.13. The van der Waals surface area contributed by atoms with Crippen LogP contribution in [0.1, 0.15) is 18.2 Å². The van der Waals surface area contributed by atoms with E-state index in [2.05, 4.69) is 4.98 Å². The van der Waals surface area contributed by atoms with Crippen LogP contribution in [-0.2, 0) is 15.3 Å². The number of esters is 1. The van der Waals surface area contributed by atoms with Crippen molar-refractivity contribution in [3.8, 4) is 6.07 Å². The molecule has 0 aliphatic heterocycles. The van der Waals surface area contributed by atoms with Gasteiger partial charge in [0.05, 0.1) is 6.61 Å². The number of hydrogen-bond acceptors (Lipinski definition) is 6. The van der Waals surface area contributed by atoms with Crippen molar-refractivity contribution in [2.24, 2.45) is 5.73 Å². The Morgan fingerprint density at radius 3 is 3.17 bits per heavy atom. The first-order valence-corrected chi connectivity index (χ1v) is 6.67. The first-order valence-electron chi connectivity index (χ1n) is 5.52. The topological polar surface area (TPSA) is 89.0 Å². The van der Waals surface area contributed by atoms with Crippen LogP contribution in [0.4, 0.5) is 0 Å². The molecule has 96 valence electrons. The van der Waals surface area contributed by atoms with Crippen LogP contribution in [0.3, 0.4) is 0 Å². The highest BCUT2D eigenvalue weighted by atomic mass is 32.2. The second-order valence-electron chi connectivity index (χ2n) is 3.53. The molecular formula is C12H15N3O2S. The molecule has 1 heterocycles. The minimum absolute atomic E-state index is 0.340. The third-order valence-corrected chi connectivity index (χ3v) is 3.23. The number of thioether (sulfide) groups is 1. The van der Waals surface area contributed by atoms with Crippen LogP contribution in [0.25, 0.3) is 0 Å². The zero-order chi connectivity index (χ0) is 13.4. The van der Waals surface area contributed by atoms with E-state index in [1.807, 2.05) is 12.1 Å². The Bertz CT molecular complexity index is 445. The number of nitrogens with two attached hydrogens (primary N) is 1. The van der Waals surface area contributed by atoms with Crippen molar-refractivity contribution < 1.29 is 9.53 Å². The molecular weight excluding hydrogens is 250 g/mol. The quantitative estimate of drug-likeness (QED) is 0.774. The van der Waals surface area contributed by atoms with E-state index >= 15 is 0 Å². The van der Waals surface area contributed by atoms with Crippen molar-refractivity contribution in [2.45, 2.75) is 18.7 Å². The molecule has 1 atom stereocenters. The van der Waals surface area contributed by atoms with E-state index in [0.29, 0.717) is 23.8 Å². The molecule has 0 fully saturated rings. The van der Waals surface area contributed by atoms with E-state index in [1.165, 1.54) is 11.8 Å². The lowest BCUT2D eigenvalue weighted by Gasteiger charge is -2.09. The standard InChI is InChI=1S/C12H15N3O2S/c1-2-17-12(16)11(14)8-18-7-9-3-4-15-10(5-9)6-13/h3-5,11H,2,7-8,14H2,1H3. The number of ether oxygens (including phenoxy) is 1. The molecule has 0 aliphatic rings. The Morgan fingerprint density at radius 1 is 1.72 bits per heavy atom. The van der Waals surface area contributed by atoms with Crippen molar-refractivity contribution in [3.05, 3.63) is 29.6 Å². The number of rotatable bonds is 6. The van der Waals surface area contributed by atoms with Gasteiger partial charge in [0.15, 0.2) is 0 Å². The molecule has 0 radical (unpaired) electrons. The fourth-order valence-corrected chi connectivity index (χ4v) is 2.17. The highest BCUT2D eigenvalue weighted by molar-refractivity contribution is 7.98. The Kier molecular flexibility index (Phi) is 6.19. The molecule has 0 amide bonds. The minimum atomic E-state index is -0.604. The van der Waals surface area contributed by atoms with Crippen molar-refractivity contribution in [3.63, 3.8) is 0 Å². The van der Waals surface area contributed by atoms with Gasteiger partial charge >= 0.3 is 5.97 Å². The lowest BCUT2D eigenvalue weighted by atomic mass is 10.2. The molecule has 1 unspecified atom stereocenters. The summed E-state index contributed by atoms with van der Waals surface area (Å²) in [5, 5.41) is 8.71. The number of nitriles is 1. The summed E-state index contributed by atoms with van der Waals surface area (Å²) in [6.07, 6.45) is 1.60. The molecule has 0 bridgehead atoms. The molecule has 6 heteroatoms. The van der Waals surface area contributed by atoms with Crippen LogP contribution in [0.15, 0.2) is 18.3 Å². The summed E-state index contributed by atoms with van der Waals surface area (Å²) >= 11 is 1.52. The van der Waals surface area contributed by atoms with Crippen molar-refractivity contribution >= 4 is 17.7 Å². The van der Waals surface area contributed by atoms with Gasteiger partial charge < -0.3 is 10.5 Å². The zero-order valence-electron chi connectivity index (χ0n) is 10.1. The van der Waals surface area contributed by atoms with E-state index in [9.17, 15) is 4.79 Å². The van der Waals surface area contributed by atoms with E-state index in [4.69, 9.17) is 15.7 Å². The van der Waals surface area contributed by atoms with Crippen LogP contribution in [0, 0.1) is 11.3 Å². The Hall–Kier alpha value is -1.58. The molecule has 2 N–H and O–H groups in total. The molecule has 0 aliphatic carbocycles. The summed E-state index contributed by atoms with van der Waals surface area (Å²) in [5.41, 5.74) is 7.04. The van der Waals surface area contributed by atoms with Crippen LogP contribution in [0.5, 0.6) is 0 Å². The second kappa shape index (κ2) is 7.69. The molecule has 1 aromatic rings. The number of pyridine rings is 1. The van der Waals surface area contributed by atoms with Gasteiger partial charge in [-0.15, -0.1) is 0 Å². The third-order valence-electron chi connectivity index (χ3n) is 2.09. The average Bonchev–Trinajstić information content (AvgIpc) is 2.39. The van der Waals surface area contributed by atoms with Gasteiger partial charge in [-0.05, 0) is 24.6 Å². The monoisotopic (exact) mass is 265 g/mol. The maximum absolute atomic E-state index is 11.3. The summed E-state index contributed by atoms with van der Waals surface area (Å²) in [6, 6.07) is 4.94. The summed E-state index contributed by atoms with van der Waals surface area (Å²) < 4.78 is 4.81. The van der Waals surface area contributed by atoms with E-state index < -0.39 is 6.04 Å². The van der Waals surface area contributed by atoms with E-state index in [1.54, 1.807) is 19.2 Å². The van der Waals surface area contributed by atoms with E-state index in [-0.39, 0.29) is 5.97 Å². The van der Waals surface area contributed by atoms with E-state index in [0.717, 1.165) is 5.56 Å². The Morgan fingerprint density at radius 2 is 2.50 bits per heavy atom. The maximum Gasteiger partial charge on any atom is 0.323 e. The molecule has 18 heavy (non-hydrogen) atoms. The van der Waals surface area contributed by atoms with Gasteiger partial charge in [0, 0.05) is 17.7 Å². The summed E-state index contributed by atoms with van der Waals surface area (Å²) in [4.78, 5) is 15.2. The summed E-state index contributed by atoms with van der Waals surface area (Å²) in [7, 11) is 0. The van der Waals surface area contributed by atoms with Crippen LogP contribution in [-0.4, -0.2) is 29.4 Å². The van der Waals surface area contributed by atoms with Crippen molar-refractivity contribution in [1.82, 2.24) is 4.98 Å². The smallest absolute Gasteiger partial charge is 0.323 e. The SMILES string of the molecule is CCOC(=O)C(N)CSCc1ccnc(C#N)c1. The third kappa shape index (κ3) is 4.73. The van der Waals surface area contributed by atoms with Crippen LogP contribution >= 0.6 is 11.8 Å². The van der Waals surface area contributed by atoms with Crippen LogP contribution < -0.4 is 5.73 Å². The Balaban J connectivity index is 2.37. The van der Waals surface area contributed by atoms with Crippen molar-refractivity contribution in [1.29, 1.82) is 5.26 Å². The van der Waals surface area contributed by atoms with Gasteiger partial charge in [-0.3, -0.25) is 4.79 Å². The zero-order valence-corrected chi connectivity index (χ0v) is 10.9. The Labute approximate surface area is 110 Å². The second-order valence-corrected chi connectivity index (χ2v) is 4.57. The van der Waals surface area contributed by atoms with Gasteiger partial charge in [-0.25, -0.2) is 4.98 Å². The van der Waals surface area contributed by atoms with Gasteiger partial charge in [-0.1, -0.05) is 0 Å². The number of hydrogen-bond donors (Lipinski definition) is 1. The first kappa shape index (κ1) is 14.5. The minimum Gasteiger partial charge on any atom is -0.465 e. The van der Waals surface area contributed by atoms with Crippen LogP contribution in [0.2, 0.25) is 0 Å². The summed E-state index contributed by atoms with van der Waals surface area (Å²) in [6.45, 7) is 2.09. The lowest BCUT2D eigenvalue weighted by Crippen LogP contribution is -2.34. The molecule has 0 saturated carbocycles. The average molecular weight is 265 g/mol. The maximum atomic E-state index is 11.3. The molecule has 1 aromatic heterocycles. The predicted molar refractivity (Wildman–Crippen MR) is 69.7 cm³/mol. The number of carbonyl (C=O) groups excluding carboxylic acids is 1. The van der Waals surface area contributed by atoms with Gasteiger partial charge in [0.25, 0.3) is 0 Å². The number of nitrogens with zero attached hydrogens (tertiary/aromatic N) is 2. The summed E-state index contributed by atoms with van der Waals surface area (Å²) in [5.74, 6) is 0.797. The molecule has 0 saturated heterocycles. The highest BCUT2D eigenvalue weighted by Gasteiger charge is 2.14. The fourth-order valence-electron chi connectivity index (χ4n) is 1.25. The fraction of sp³-hybridized carbons (Fsp3) is 0.417. The molecule has 0 spiro atoms.